The number of halogens is 1. The van der Waals surface area contributed by atoms with Crippen LogP contribution in [0, 0.1) is 12.7 Å². The molecule has 2 amide bonds. The van der Waals surface area contributed by atoms with Gasteiger partial charge in [0.05, 0.1) is 18.4 Å². The number of benzene rings is 2. The predicted octanol–water partition coefficient (Wildman–Crippen LogP) is 2.75. The summed E-state index contributed by atoms with van der Waals surface area (Å²) in [6.07, 6.45) is 0. The van der Waals surface area contributed by atoms with Gasteiger partial charge in [-0.2, -0.15) is 0 Å². The summed E-state index contributed by atoms with van der Waals surface area (Å²) in [5, 5.41) is 5.22. The first-order chi connectivity index (χ1) is 11.0. The standard InChI is InChI=1S/C17H17FN2O3/c1-10-5-4-6-13(15(10)17(22)19-2)20-16(21)11-7-8-12(18)14(9-11)23-3/h4-9H,1-3H3,(H,19,22)(H,20,21). The van der Waals surface area contributed by atoms with Crippen molar-refractivity contribution in [2.75, 3.05) is 19.5 Å². The van der Waals surface area contributed by atoms with Crippen LogP contribution < -0.4 is 15.4 Å². The maximum atomic E-state index is 13.4. The Morgan fingerprint density at radius 2 is 1.87 bits per heavy atom. The average molecular weight is 316 g/mol. The van der Waals surface area contributed by atoms with Crippen molar-refractivity contribution in [1.29, 1.82) is 0 Å². The van der Waals surface area contributed by atoms with E-state index in [-0.39, 0.29) is 17.2 Å². The molecule has 0 aliphatic heterocycles. The zero-order chi connectivity index (χ0) is 17.0. The van der Waals surface area contributed by atoms with E-state index in [0.29, 0.717) is 11.3 Å². The number of carbonyl (C=O) groups excluding carboxylic acids is 2. The van der Waals surface area contributed by atoms with Crippen molar-refractivity contribution in [1.82, 2.24) is 5.32 Å². The zero-order valence-corrected chi connectivity index (χ0v) is 13.1. The largest absolute Gasteiger partial charge is 0.494 e. The van der Waals surface area contributed by atoms with Gasteiger partial charge in [0.15, 0.2) is 11.6 Å². The molecule has 0 fully saturated rings. The van der Waals surface area contributed by atoms with E-state index in [1.165, 1.54) is 26.3 Å². The van der Waals surface area contributed by atoms with Crippen molar-refractivity contribution >= 4 is 17.5 Å². The van der Waals surface area contributed by atoms with Crippen LogP contribution in [0.15, 0.2) is 36.4 Å². The zero-order valence-electron chi connectivity index (χ0n) is 13.1. The molecular formula is C17H17FN2O3. The molecule has 2 aromatic rings. The van der Waals surface area contributed by atoms with Gasteiger partial charge < -0.3 is 15.4 Å². The predicted molar refractivity (Wildman–Crippen MR) is 85.5 cm³/mol. The molecule has 120 valence electrons. The molecule has 0 bridgehead atoms. The monoisotopic (exact) mass is 316 g/mol. The molecular weight excluding hydrogens is 299 g/mol. The molecule has 2 aromatic carbocycles. The fraction of sp³-hybridized carbons (Fsp3) is 0.176. The Hall–Kier alpha value is -2.89. The summed E-state index contributed by atoms with van der Waals surface area (Å²) in [7, 11) is 2.84. The lowest BCUT2D eigenvalue weighted by atomic mass is 10.1. The normalized spacial score (nSPS) is 10.1. The molecule has 0 aromatic heterocycles. The van der Waals surface area contributed by atoms with Crippen LogP contribution in [0.25, 0.3) is 0 Å². The summed E-state index contributed by atoms with van der Waals surface area (Å²) in [5.41, 5.74) is 1.74. The fourth-order valence-corrected chi connectivity index (χ4v) is 2.19. The van der Waals surface area contributed by atoms with Crippen LogP contribution in [0.5, 0.6) is 5.75 Å². The SMILES string of the molecule is CNC(=O)c1c(C)cccc1NC(=O)c1ccc(F)c(OC)c1. The van der Waals surface area contributed by atoms with Gasteiger partial charge in [-0.1, -0.05) is 12.1 Å². The smallest absolute Gasteiger partial charge is 0.255 e. The van der Waals surface area contributed by atoms with Gasteiger partial charge in [-0.25, -0.2) is 4.39 Å². The van der Waals surface area contributed by atoms with Crippen molar-refractivity contribution in [3.63, 3.8) is 0 Å². The Kier molecular flexibility index (Phi) is 4.95. The molecule has 2 N–H and O–H groups in total. The van der Waals surface area contributed by atoms with Crippen LogP contribution in [0.3, 0.4) is 0 Å². The number of methoxy groups -OCH3 is 1. The Morgan fingerprint density at radius 1 is 1.13 bits per heavy atom. The highest BCUT2D eigenvalue weighted by Crippen LogP contribution is 2.22. The summed E-state index contributed by atoms with van der Waals surface area (Å²) >= 11 is 0. The number of carbonyl (C=O) groups is 2. The lowest BCUT2D eigenvalue weighted by Gasteiger charge is -2.13. The molecule has 0 aliphatic rings. The minimum absolute atomic E-state index is 0.0200. The van der Waals surface area contributed by atoms with Crippen LogP contribution in [-0.2, 0) is 0 Å². The van der Waals surface area contributed by atoms with E-state index in [2.05, 4.69) is 10.6 Å². The first-order valence-electron chi connectivity index (χ1n) is 6.94. The van der Waals surface area contributed by atoms with E-state index in [1.54, 1.807) is 25.1 Å². The van der Waals surface area contributed by atoms with E-state index >= 15 is 0 Å². The Labute approximate surface area is 133 Å². The van der Waals surface area contributed by atoms with Gasteiger partial charge in [0.1, 0.15) is 0 Å². The van der Waals surface area contributed by atoms with Gasteiger partial charge in [-0.05, 0) is 36.8 Å². The molecule has 0 aliphatic carbocycles. The summed E-state index contributed by atoms with van der Waals surface area (Å²) in [6.45, 7) is 1.78. The van der Waals surface area contributed by atoms with E-state index in [4.69, 9.17) is 4.74 Å². The van der Waals surface area contributed by atoms with Crippen molar-refractivity contribution in [3.05, 3.63) is 58.9 Å². The number of hydrogen-bond donors (Lipinski definition) is 2. The number of hydrogen-bond acceptors (Lipinski definition) is 3. The second-order valence-corrected chi connectivity index (χ2v) is 4.88. The third-order valence-corrected chi connectivity index (χ3v) is 3.39. The molecule has 0 radical (unpaired) electrons. The number of ether oxygens (including phenoxy) is 1. The Bertz CT molecular complexity index is 759. The van der Waals surface area contributed by atoms with Gasteiger partial charge >= 0.3 is 0 Å². The summed E-state index contributed by atoms with van der Waals surface area (Å²) in [4.78, 5) is 24.3. The van der Waals surface area contributed by atoms with Crippen LogP contribution in [-0.4, -0.2) is 26.0 Å². The van der Waals surface area contributed by atoms with Gasteiger partial charge in [0, 0.05) is 12.6 Å². The van der Waals surface area contributed by atoms with E-state index in [0.717, 1.165) is 11.6 Å². The molecule has 6 heteroatoms. The second kappa shape index (κ2) is 6.91. The molecule has 0 atom stereocenters. The van der Waals surface area contributed by atoms with Gasteiger partial charge in [0.2, 0.25) is 0 Å². The number of aryl methyl sites for hydroxylation is 1. The van der Waals surface area contributed by atoms with E-state index in [9.17, 15) is 14.0 Å². The quantitative estimate of drug-likeness (QED) is 0.911. The van der Waals surface area contributed by atoms with Gasteiger partial charge in [0.25, 0.3) is 11.8 Å². The van der Waals surface area contributed by atoms with Crippen LogP contribution in [0.1, 0.15) is 26.3 Å². The molecule has 0 heterocycles. The van der Waals surface area contributed by atoms with Crippen LogP contribution >= 0.6 is 0 Å². The Morgan fingerprint density at radius 3 is 2.52 bits per heavy atom. The summed E-state index contributed by atoms with van der Waals surface area (Å²) < 4.78 is 18.3. The number of amides is 2. The number of rotatable bonds is 4. The fourth-order valence-electron chi connectivity index (χ4n) is 2.19. The molecule has 0 saturated carbocycles. The molecule has 0 spiro atoms. The highest BCUT2D eigenvalue weighted by molar-refractivity contribution is 6.09. The third-order valence-electron chi connectivity index (χ3n) is 3.39. The van der Waals surface area contributed by atoms with Crippen molar-refractivity contribution in [3.8, 4) is 5.75 Å². The van der Waals surface area contributed by atoms with E-state index in [1.807, 2.05) is 0 Å². The Balaban J connectivity index is 2.34. The third kappa shape index (κ3) is 3.48. The van der Waals surface area contributed by atoms with Crippen molar-refractivity contribution in [2.24, 2.45) is 0 Å². The van der Waals surface area contributed by atoms with Crippen molar-refractivity contribution in [2.45, 2.75) is 6.92 Å². The van der Waals surface area contributed by atoms with Crippen LogP contribution in [0.4, 0.5) is 10.1 Å². The summed E-state index contributed by atoms with van der Waals surface area (Å²) in [5.74, 6) is -1.33. The van der Waals surface area contributed by atoms with Gasteiger partial charge in [-0.15, -0.1) is 0 Å². The average Bonchev–Trinajstić information content (AvgIpc) is 2.54. The number of nitrogens with one attached hydrogen (secondary N) is 2. The maximum absolute atomic E-state index is 13.4. The first-order valence-corrected chi connectivity index (χ1v) is 6.94. The molecule has 0 saturated heterocycles. The molecule has 23 heavy (non-hydrogen) atoms. The lowest BCUT2D eigenvalue weighted by Crippen LogP contribution is -2.22. The highest BCUT2D eigenvalue weighted by atomic mass is 19.1. The van der Waals surface area contributed by atoms with Gasteiger partial charge in [-0.3, -0.25) is 9.59 Å². The maximum Gasteiger partial charge on any atom is 0.255 e. The minimum atomic E-state index is -0.550. The number of anilines is 1. The van der Waals surface area contributed by atoms with Crippen molar-refractivity contribution < 1.29 is 18.7 Å². The lowest BCUT2D eigenvalue weighted by molar-refractivity contribution is 0.0963. The molecule has 0 unspecified atom stereocenters. The van der Waals surface area contributed by atoms with E-state index < -0.39 is 11.7 Å². The topological polar surface area (TPSA) is 67.4 Å². The first kappa shape index (κ1) is 16.5. The molecule has 2 rings (SSSR count). The second-order valence-electron chi connectivity index (χ2n) is 4.88. The minimum Gasteiger partial charge on any atom is -0.494 e. The molecule has 5 nitrogen and oxygen atoms in total. The van der Waals surface area contributed by atoms with Crippen LogP contribution in [0.2, 0.25) is 0 Å². The summed E-state index contributed by atoms with van der Waals surface area (Å²) in [6, 6.07) is 8.96. The highest BCUT2D eigenvalue weighted by Gasteiger charge is 2.16.